The van der Waals surface area contributed by atoms with E-state index >= 15 is 0 Å². The Morgan fingerprint density at radius 2 is 2.25 bits per heavy atom. The summed E-state index contributed by atoms with van der Waals surface area (Å²) < 4.78 is 0. The van der Waals surface area contributed by atoms with Gasteiger partial charge in [-0.15, -0.1) is 0 Å². The smallest absolute Gasteiger partial charge is 0.225 e. The van der Waals surface area contributed by atoms with Crippen molar-refractivity contribution >= 4 is 11.9 Å². The number of amides is 1. The Morgan fingerprint density at radius 3 is 2.81 bits per heavy atom. The van der Waals surface area contributed by atoms with Crippen LogP contribution in [0, 0.1) is 0 Å². The number of aromatic nitrogens is 2. The van der Waals surface area contributed by atoms with E-state index in [4.69, 9.17) is 0 Å². The van der Waals surface area contributed by atoms with Gasteiger partial charge in [0.2, 0.25) is 11.9 Å². The van der Waals surface area contributed by atoms with E-state index in [1.54, 1.807) is 6.20 Å². The first-order chi connectivity index (χ1) is 7.54. The number of rotatable bonds is 4. The molecule has 0 saturated heterocycles. The summed E-state index contributed by atoms with van der Waals surface area (Å²) in [6, 6.07) is 1.72. The molecule has 0 fully saturated rings. The quantitative estimate of drug-likeness (QED) is 0.829. The van der Waals surface area contributed by atoms with Gasteiger partial charge in [-0.25, -0.2) is 9.97 Å². The monoisotopic (exact) mass is 222 g/mol. The average molecular weight is 222 g/mol. The number of hydrogen-bond acceptors (Lipinski definition) is 4. The van der Waals surface area contributed by atoms with E-state index in [1.165, 1.54) is 0 Å². The fourth-order valence-electron chi connectivity index (χ4n) is 1.24. The lowest BCUT2D eigenvalue weighted by atomic mass is 10.2. The van der Waals surface area contributed by atoms with Crippen molar-refractivity contribution in [3.05, 3.63) is 18.0 Å². The molecular weight excluding hydrogens is 204 g/mol. The molecule has 0 aromatic carbocycles. The summed E-state index contributed by atoms with van der Waals surface area (Å²) in [4.78, 5) is 21.6. The second-order valence-corrected chi connectivity index (χ2v) is 3.82. The van der Waals surface area contributed by atoms with Crippen molar-refractivity contribution in [2.75, 3.05) is 19.0 Å². The third-order valence-electron chi connectivity index (χ3n) is 2.21. The highest BCUT2D eigenvalue weighted by molar-refractivity contribution is 5.75. The van der Waals surface area contributed by atoms with Gasteiger partial charge < -0.3 is 10.2 Å². The maximum Gasteiger partial charge on any atom is 0.225 e. The average Bonchev–Trinajstić information content (AvgIpc) is 2.28. The summed E-state index contributed by atoms with van der Waals surface area (Å²) in [5.74, 6) is 0.674. The Labute approximate surface area is 95.9 Å². The van der Waals surface area contributed by atoms with Crippen LogP contribution < -0.4 is 10.2 Å². The standard InChI is InChI=1S/C11H18N4O/c1-5-10(16)13-8(2)9-6-7-12-11(14-9)15(3)4/h6-8H,5H2,1-4H3,(H,13,16)/t8-/m1/s1. The van der Waals surface area contributed by atoms with E-state index in [0.29, 0.717) is 12.4 Å². The number of hydrogen-bond donors (Lipinski definition) is 1. The van der Waals surface area contributed by atoms with Crippen LogP contribution in [0.2, 0.25) is 0 Å². The molecule has 1 amide bonds. The minimum atomic E-state index is -0.0888. The topological polar surface area (TPSA) is 58.1 Å². The zero-order valence-corrected chi connectivity index (χ0v) is 10.2. The molecule has 1 aromatic heterocycles. The van der Waals surface area contributed by atoms with Crippen molar-refractivity contribution in [1.82, 2.24) is 15.3 Å². The molecule has 0 radical (unpaired) electrons. The molecule has 1 N–H and O–H groups in total. The molecule has 0 aliphatic carbocycles. The minimum absolute atomic E-state index is 0.0255. The molecule has 0 bridgehead atoms. The van der Waals surface area contributed by atoms with E-state index < -0.39 is 0 Å². The number of nitrogens with zero attached hydrogens (tertiary/aromatic N) is 3. The zero-order valence-electron chi connectivity index (χ0n) is 10.2. The summed E-state index contributed by atoms with van der Waals surface area (Å²) in [7, 11) is 3.77. The highest BCUT2D eigenvalue weighted by Crippen LogP contribution is 2.11. The Morgan fingerprint density at radius 1 is 1.56 bits per heavy atom. The summed E-state index contributed by atoms with van der Waals surface area (Å²) in [6.07, 6.45) is 2.18. The van der Waals surface area contributed by atoms with Crippen LogP contribution in [-0.2, 0) is 4.79 Å². The van der Waals surface area contributed by atoms with Crippen molar-refractivity contribution < 1.29 is 4.79 Å². The molecule has 1 rings (SSSR count). The highest BCUT2D eigenvalue weighted by atomic mass is 16.1. The molecule has 1 atom stereocenters. The SMILES string of the molecule is CCC(=O)N[C@H](C)c1ccnc(N(C)C)n1. The van der Waals surface area contributed by atoms with Crippen molar-refractivity contribution in [3.63, 3.8) is 0 Å². The molecule has 5 nitrogen and oxygen atoms in total. The van der Waals surface area contributed by atoms with Crippen molar-refractivity contribution in [2.24, 2.45) is 0 Å². The lowest BCUT2D eigenvalue weighted by Crippen LogP contribution is -2.26. The highest BCUT2D eigenvalue weighted by Gasteiger charge is 2.10. The van der Waals surface area contributed by atoms with Crippen molar-refractivity contribution in [2.45, 2.75) is 26.3 Å². The second-order valence-electron chi connectivity index (χ2n) is 3.82. The van der Waals surface area contributed by atoms with Gasteiger partial charge in [-0.1, -0.05) is 6.92 Å². The summed E-state index contributed by atoms with van der Waals surface area (Å²) in [6.45, 7) is 3.74. The Balaban J connectivity index is 2.79. The number of carbonyl (C=O) groups is 1. The molecule has 0 unspecified atom stereocenters. The van der Waals surface area contributed by atoms with Crippen LogP contribution in [0.15, 0.2) is 12.3 Å². The molecule has 0 aliphatic heterocycles. The predicted octanol–water partition coefficient (Wildman–Crippen LogP) is 1.13. The van der Waals surface area contributed by atoms with E-state index in [2.05, 4.69) is 15.3 Å². The molecular formula is C11H18N4O. The van der Waals surface area contributed by atoms with Crippen molar-refractivity contribution in [1.29, 1.82) is 0 Å². The molecule has 0 saturated carbocycles. The van der Waals surface area contributed by atoms with Gasteiger partial charge in [-0.2, -0.15) is 0 Å². The van der Waals surface area contributed by atoms with Crippen molar-refractivity contribution in [3.8, 4) is 0 Å². The largest absolute Gasteiger partial charge is 0.348 e. The first-order valence-corrected chi connectivity index (χ1v) is 5.34. The van der Waals surface area contributed by atoms with Gasteiger partial charge in [0.05, 0.1) is 11.7 Å². The Kier molecular flexibility index (Phi) is 4.22. The van der Waals surface area contributed by atoms with Gasteiger partial charge >= 0.3 is 0 Å². The third kappa shape index (κ3) is 3.18. The lowest BCUT2D eigenvalue weighted by molar-refractivity contribution is -0.121. The predicted molar refractivity (Wildman–Crippen MR) is 63.2 cm³/mol. The first-order valence-electron chi connectivity index (χ1n) is 5.34. The van der Waals surface area contributed by atoms with Crippen LogP contribution in [0.25, 0.3) is 0 Å². The number of nitrogens with one attached hydrogen (secondary N) is 1. The molecule has 0 aliphatic rings. The maximum atomic E-state index is 11.2. The molecule has 1 heterocycles. The van der Waals surface area contributed by atoms with Crippen LogP contribution in [0.3, 0.4) is 0 Å². The molecule has 16 heavy (non-hydrogen) atoms. The molecule has 5 heteroatoms. The van der Waals surface area contributed by atoms with Crippen LogP contribution >= 0.6 is 0 Å². The lowest BCUT2D eigenvalue weighted by Gasteiger charge is -2.15. The molecule has 88 valence electrons. The Bertz CT molecular complexity index is 365. The fraction of sp³-hybridized carbons (Fsp3) is 0.545. The van der Waals surface area contributed by atoms with Crippen LogP contribution in [0.1, 0.15) is 32.0 Å². The summed E-state index contributed by atoms with van der Waals surface area (Å²) in [5, 5.41) is 2.86. The van der Waals surface area contributed by atoms with Crippen LogP contribution in [-0.4, -0.2) is 30.0 Å². The van der Waals surface area contributed by atoms with Gasteiger partial charge in [0.1, 0.15) is 0 Å². The van der Waals surface area contributed by atoms with Crippen LogP contribution in [0.5, 0.6) is 0 Å². The second kappa shape index (κ2) is 5.44. The van der Waals surface area contributed by atoms with E-state index in [0.717, 1.165) is 5.69 Å². The van der Waals surface area contributed by atoms with Gasteiger partial charge in [0.15, 0.2) is 0 Å². The van der Waals surface area contributed by atoms with Gasteiger partial charge in [-0.05, 0) is 13.0 Å². The Hall–Kier alpha value is -1.65. The maximum absolute atomic E-state index is 11.2. The summed E-state index contributed by atoms with van der Waals surface area (Å²) >= 11 is 0. The zero-order chi connectivity index (χ0) is 12.1. The fourth-order valence-corrected chi connectivity index (χ4v) is 1.24. The van der Waals surface area contributed by atoms with Gasteiger partial charge in [0, 0.05) is 26.7 Å². The van der Waals surface area contributed by atoms with Crippen LogP contribution in [0.4, 0.5) is 5.95 Å². The number of anilines is 1. The number of carbonyl (C=O) groups excluding carboxylic acids is 1. The van der Waals surface area contributed by atoms with Gasteiger partial charge in [-0.3, -0.25) is 4.79 Å². The van der Waals surface area contributed by atoms with E-state index in [-0.39, 0.29) is 11.9 Å². The van der Waals surface area contributed by atoms with Gasteiger partial charge in [0.25, 0.3) is 0 Å². The minimum Gasteiger partial charge on any atom is -0.348 e. The first kappa shape index (κ1) is 12.4. The van der Waals surface area contributed by atoms with E-state index in [9.17, 15) is 4.79 Å². The molecule has 1 aromatic rings. The third-order valence-corrected chi connectivity index (χ3v) is 2.21. The summed E-state index contributed by atoms with van der Waals surface area (Å²) in [5.41, 5.74) is 0.820. The van der Waals surface area contributed by atoms with E-state index in [1.807, 2.05) is 38.9 Å². The normalized spacial score (nSPS) is 12.0. The molecule has 0 spiro atoms.